The summed E-state index contributed by atoms with van der Waals surface area (Å²) < 4.78 is 6.59. The Bertz CT molecular complexity index is 555. The lowest BCUT2D eigenvalue weighted by atomic mass is 10.1. The fraction of sp³-hybridized carbons (Fsp3) is 0.143. The van der Waals surface area contributed by atoms with Crippen molar-refractivity contribution in [3.8, 4) is 11.5 Å². The molecule has 94 valence electrons. The molecular weight excluding hydrogens is 316 g/mol. The molecule has 0 saturated carbocycles. The number of para-hydroxylation sites is 1. The summed E-state index contributed by atoms with van der Waals surface area (Å²) in [5.41, 5.74) is 0.691. The molecule has 18 heavy (non-hydrogen) atoms. The Morgan fingerprint density at radius 1 is 1.22 bits per heavy atom. The van der Waals surface area contributed by atoms with E-state index in [0.29, 0.717) is 16.3 Å². The van der Waals surface area contributed by atoms with Crippen LogP contribution < -0.4 is 4.74 Å². The van der Waals surface area contributed by atoms with Gasteiger partial charge in [-0.15, -0.1) is 0 Å². The average Bonchev–Trinajstić information content (AvgIpc) is 2.32. The molecule has 0 radical (unpaired) electrons. The van der Waals surface area contributed by atoms with Crippen molar-refractivity contribution in [1.82, 2.24) is 0 Å². The van der Waals surface area contributed by atoms with Gasteiger partial charge < -0.3 is 9.84 Å². The highest BCUT2D eigenvalue weighted by molar-refractivity contribution is 9.10. The number of hydrogen-bond acceptors (Lipinski definition) is 2. The molecule has 0 aliphatic heterocycles. The van der Waals surface area contributed by atoms with E-state index in [4.69, 9.17) is 16.3 Å². The second-order valence-electron chi connectivity index (χ2n) is 3.89. The summed E-state index contributed by atoms with van der Waals surface area (Å²) >= 11 is 9.49. The lowest BCUT2D eigenvalue weighted by molar-refractivity contribution is 0.199. The Hall–Kier alpha value is -1.03. The molecule has 2 aromatic carbocycles. The Labute approximate surface area is 119 Å². The van der Waals surface area contributed by atoms with Gasteiger partial charge in [0, 0.05) is 0 Å². The first kappa shape index (κ1) is 13.4. The largest absolute Gasteiger partial charge is 0.456 e. The Morgan fingerprint density at radius 3 is 2.56 bits per heavy atom. The normalized spacial score (nSPS) is 12.2. The number of rotatable bonds is 3. The lowest BCUT2D eigenvalue weighted by Gasteiger charge is -2.11. The summed E-state index contributed by atoms with van der Waals surface area (Å²) in [6.07, 6.45) is -0.588. The first-order valence-electron chi connectivity index (χ1n) is 5.48. The second kappa shape index (κ2) is 5.74. The minimum atomic E-state index is -0.588. The number of aliphatic hydroxyl groups is 1. The molecule has 2 nitrogen and oxygen atoms in total. The van der Waals surface area contributed by atoms with Crippen molar-refractivity contribution in [2.24, 2.45) is 0 Å². The molecule has 0 aliphatic rings. The average molecular weight is 328 g/mol. The number of halogens is 2. The zero-order valence-corrected chi connectivity index (χ0v) is 12.1. The predicted octanol–water partition coefficient (Wildman–Crippen LogP) is 4.95. The fourth-order valence-corrected chi connectivity index (χ4v) is 2.26. The third-order valence-corrected chi connectivity index (χ3v) is 3.47. The molecule has 0 amide bonds. The van der Waals surface area contributed by atoms with Crippen LogP contribution >= 0.6 is 27.5 Å². The molecule has 1 unspecified atom stereocenters. The van der Waals surface area contributed by atoms with Crippen molar-refractivity contribution >= 4 is 27.5 Å². The lowest BCUT2D eigenvalue weighted by Crippen LogP contribution is -1.93. The van der Waals surface area contributed by atoms with Gasteiger partial charge in [0.2, 0.25) is 0 Å². The van der Waals surface area contributed by atoms with Crippen LogP contribution in [0.25, 0.3) is 0 Å². The van der Waals surface area contributed by atoms with Crippen molar-refractivity contribution in [3.63, 3.8) is 0 Å². The van der Waals surface area contributed by atoms with E-state index in [1.54, 1.807) is 25.1 Å². The van der Waals surface area contributed by atoms with Crippen LogP contribution in [0.3, 0.4) is 0 Å². The van der Waals surface area contributed by atoms with Gasteiger partial charge in [-0.05, 0) is 52.7 Å². The topological polar surface area (TPSA) is 29.5 Å². The summed E-state index contributed by atoms with van der Waals surface area (Å²) in [7, 11) is 0. The third-order valence-electron chi connectivity index (χ3n) is 2.49. The second-order valence-corrected chi connectivity index (χ2v) is 5.15. The van der Waals surface area contributed by atoms with E-state index >= 15 is 0 Å². The van der Waals surface area contributed by atoms with Gasteiger partial charge in [-0.25, -0.2) is 0 Å². The molecule has 0 bridgehead atoms. The van der Waals surface area contributed by atoms with E-state index in [2.05, 4.69) is 15.9 Å². The maximum absolute atomic E-state index is 9.50. The summed E-state index contributed by atoms with van der Waals surface area (Å²) in [6.45, 7) is 1.68. The Morgan fingerprint density at radius 2 is 1.94 bits per heavy atom. The van der Waals surface area contributed by atoms with Gasteiger partial charge >= 0.3 is 0 Å². The van der Waals surface area contributed by atoms with E-state index in [9.17, 15) is 5.11 Å². The van der Waals surface area contributed by atoms with Crippen molar-refractivity contribution in [1.29, 1.82) is 0 Å². The number of benzene rings is 2. The molecule has 0 fully saturated rings. The molecule has 0 aromatic heterocycles. The molecule has 2 aromatic rings. The first-order chi connectivity index (χ1) is 8.58. The molecule has 0 saturated heterocycles. The number of ether oxygens (including phenoxy) is 1. The van der Waals surface area contributed by atoms with E-state index in [0.717, 1.165) is 10.2 Å². The third kappa shape index (κ3) is 3.05. The monoisotopic (exact) mass is 326 g/mol. The minimum absolute atomic E-state index is 0.495. The predicted molar refractivity (Wildman–Crippen MR) is 76.3 cm³/mol. The van der Waals surface area contributed by atoms with Gasteiger partial charge in [0.25, 0.3) is 0 Å². The zero-order valence-electron chi connectivity index (χ0n) is 9.73. The minimum Gasteiger partial charge on any atom is -0.456 e. The van der Waals surface area contributed by atoms with E-state index < -0.39 is 6.10 Å². The van der Waals surface area contributed by atoms with Gasteiger partial charge in [0.1, 0.15) is 11.5 Å². The maximum atomic E-state index is 9.50. The van der Waals surface area contributed by atoms with E-state index in [1.807, 2.05) is 24.3 Å². The number of hydrogen-bond donors (Lipinski definition) is 1. The molecule has 0 aliphatic carbocycles. The molecule has 1 N–H and O–H groups in total. The van der Waals surface area contributed by atoms with Gasteiger partial charge in [0.15, 0.2) is 0 Å². The molecule has 0 heterocycles. The van der Waals surface area contributed by atoms with E-state index in [1.165, 1.54) is 0 Å². The maximum Gasteiger partial charge on any atom is 0.141 e. The van der Waals surface area contributed by atoms with Crippen LogP contribution in [0.5, 0.6) is 11.5 Å². The highest BCUT2D eigenvalue weighted by Crippen LogP contribution is 2.32. The van der Waals surface area contributed by atoms with Gasteiger partial charge in [-0.3, -0.25) is 0 Å². The first-order valence-corrected chi connectivity index (χ1v) is 6.65. The summed E-state index contributed by atoms with van der Waals surface area (Å²) in [6, 6.07) is 12.8. The molecule has 0 spiro atoms. The van der Waals surface area contributed by atoms with Crippen molar-refractivity contribution in [3.05, 3.63) is 57.5 Å². The van der Waals surface area contributed by atoms with Crippen LogP contribution in [0.2, 0.25) is 5.02 Å². The smallest absolute Gasteiger partial charge is 0.141 e. The number of aliphatic hydroxyl groups excluding tert-OH is 1. The van der Waals surface area contributed by atoms with Gasteiger partial charge in [-0.2, -0.15) is 0 Å². The van der Waals surface area contributed by atoms with Crippen molar-refractivity contribution < 1.29 is 9.84 Å². The molecule has 1 atom stereocenters. The van der Waals surface area contributed by atoms with Crippen molar-refractivity contribution in [2.45, 2.75) is 13.0 Å². The quantitative estimate of drug-likeness (QED) is 0.864. The summed E-state index contributed by atoms with van der Waals surface area (Å²) in [4.78, 5) is 0. The fourth-order valence-electron chi connectivity index (χ4n) is 1.56. The Balaban J connectivity index is 2.26. The van der Waals surface area contributed by atoms with Crippen LogP contribution in [-0.2, 0) is 0 Å². The standard InChI is InChI=1S/C14H12BrClO2/c1-9(17)11-7-6-10(8-13(11)16)18-14-5-3-2-4-12(14)15/h2-9,17H,1H3. The molecule has 2 rings (SSSR count). The van der Waals surface area contributed by atoms with Crippen molar-refractivity contribution in [2.75, 3.05) is 0 Å². The zero-order chi connectivity index (χ0) is 13.1. The van der Waals surface area contributed by atoms with Crippen LogP contribution in [0.15, 0.2) is 46.9 Å². The highest BCUT2D eigenvalue weighted by Gasteiger charge is 2.08. The van der Waals surface area contributed by atoms with Crippen LogP contribution in [0.1, 0.15) is 18.6 Å². The van der Waals surface area contributed by atoms with Gasteiger partial charge in [-0.1, -0.05) is 29.8 Å². The highest BCUT2D eigenvalue weighted by atomic mass is 79.9. The van der Waals surface area contributed by atoms with Gasteiger partial charge in [0.05, 0.1) is 15.6 Å². The molecular formula is C14H12BrClO2. The summed E-state index contributed by atoms with van der Waals surface area (Å²) in [5, 5.41) is 9.99. The Kier molecular flexibility index (Phi) is 4.27. The SMILES string of the molecule is CC(O)c1ccc(Oc2ccccc2Br)cc1Cl. The van der Waals surface area contributed by atoms with Crippen LogP contribution in [0, 0.1) is 0 Å². The van der Waals surface area contributed by atoms with Crippen LogP contribution in [0.4, 0.5) is 0 Å². The van der Waals surface area contributed by atoms with Crippen LogP contribution in [-0.4, -0.2) is 5.11 Å². The molecule has 4 heteroatoms. The summed E-state index contributed by atoms with van der Waals surface area (Å²) in [5.74, 6) is 1.36. The van der Waals surface area contributed by atoms with E-state index in [-0.39, 0.29) is 0 Å².